The molecule has 1 saturated heterocycles. The number of hydrogen-bond donors (Lipinski definition) is 2. The van der Waals surface area contributed by atoms with Crippen LogP contribution in [-0.2, 0) is 0 Å². The fourth-order valence-electron chi connectivity index (χ4n) is 3.96. The molecule has 2 aliphatic rings. The Morgan fingerprint density at radius 3 is 2.21 bits per heavy atom. The Balaban J connectivity index is 0.00000288. The van der Waals surface area contributed by atoms with E-state index in [2.05, 4.69) is 36.3 Å². The third-order valence-electron chi connectivity index (χ3n) is 5.72. The summed E-state index contributed by atoms with van der Waals surface area (Å²) < 4.78 is 0. The average molecular weight is 450 g/mol. The van der Waals surface area contributed by atoms with Crippen LogP contribution < -0.4 is 10.6 Å². The van der Waals surface area contributed by atoms with Gasteiger partial charge >= 0.3 is 0 Å². The first kappa shape index (κ1) is 22.0. The van der Waals surface area contributed by atoms with Crippen LogP contribution in [0.5, 0.6) is 0 Å². The van der Waals surface area contributed by atoms with Gasteiger partial charge in [-0.2, -0.15) is 0 Å². The largest absolute Gasteiger partial charge is 0.357 e. The van der Waals surface area contributed by atoms with Crippen molar-refractivity contribution >= 4 is 29.9 Å². The minimum atomic E-state index is 0. The second-order valence-electron chi connectivity index (χ2n) is 7.30. The summed E-state index contributed by atoms with van der Waals surface area (Å²) in [5.74, 6) is 1.74. The molecule has 2 rings (SSSR count). The van der Waals surface area contributed by atoms with Crippen molar-refractivity contribution in [2.75, 3.05) is 26.2 Å². The molecule has 2 N–H and O–H groups in total. The first-order valence-corrected chi connectivity index (χ1v) is 10.1. The molecule has 0 amide bonds. The molecule has 24 heavy (non-hydrogen) atoms. The number of aliphatic imine (C=N–C) groups is 1. The fourth-order valence-corrected chi connectivity index (χ4v) is 3.96. The van der Waals surface area contributed by atoms with Gasteiger partial charge in [0.05, 0.1) is 0 Å². The maximum Gasteiger partial charge on any atom is 0.191 e. The monoisotopic (exact) mass is 450 g/mol. The van der Waals surface area contributed by atoms with Crippen LogP contribution in [0, 0.1) is 5.92 Å². The normalized spacial score (nSPS) is 21.1. The minimum Gasteiger partial charge on any atom is -0.357 e. The fraction of sp³-hybridized carbons (Fsp3) is 0.947. The molecule has 0 aromatic carbocycles. The third kappa shape index (κ3) is 7.06. The summed E-state index contributed by atoms with van der Waals surface area (Å²) in [5.41, 5.74) is 0. The Labute approximate surface area is 166 Å². The lowest BCUT2D eigenvalue weighted by atomic mass is 10.0. The Morgan fingerprint density at radius 1 is 1.04 bits per heavy atom. The predicted molar refractivity (Wildman–Crippen MR) is 115 cm³/mol. The lowest BCUT2D eigenvalue weighted by Gasteiger charge is -2.36. The molecule has 4 nitrogen and oxygen atoms in total. The number of halogens is 1. The molecule has 1 aliphatic heterocycles. The van der Waals surface area contributed by atoms with Crippen LogP contribution in [0.2, 0.25) is 0 Å². The van der Waals surface area contributed by atoms with Crippen LogP contribution in [0.3, 0.4) is 0 Å². The molecule has 1 heterocycles. The molecule has 0 aromatic heterocycles. The Bertz CT molecular complexity index is 343. The van der Waals surface area contributed by atoms with Crippen molar-refractivity contribution in [3.05, 3.63) is 0 Å². The second-order valence-corrected chi connectivity index (χ2v) is 7.30. The van der Waals surface area contributed by atoms with E-state index in [1.807, 2.05) is 0 Å². The molecule has 0 bridgehead atoms. The zero-order chi connectivity index (χ0) is 16.5. The van der Waals surface area contributed by atoms with Crippen molar-refractivity contribution in [3.8, 4) is 0 Å². The van der Waals surface area contributed by atoms with E-state index in [9.17, 15) is 0 Å². The Morgan fingerprint density at radius 2 is 1.67 bits per heavy atom. The molecule has 0 radical (unpaired) electrons. The first-order chi connectivity index (χ1) is 11.3. The van der Waals surface area contributed by atoms with Crippen molar-refractivity contribution < 1.29 is 0 Å². The van der Waals surface area contributed by atoms with E-state index in [1.54, 1.807) is 0 Å². The van der Waals surface area contributed by atoms with Crippen LogP contribution >= 0.6 is 24.0 Å². The first-order valence-electron chi connectivity index (χ1n) is 10.1. The summed E-state index contributed by atoms with van der Waals surface area (Å²) in [5, 5.41) is 7.11. The van der Waals surface area contributed by atoms with Gasteiger partial charge in [0, 0.05) is 38.3 Å². The summed E-state index contributed by atoms with van der Waals surface area (Å²) in [7, 11) is 0. The Kier molecular flexibility index (Phi) is 11.3. The molecule has 0 unspecified atom stereocenters. The van der Waals surface area contributed by atoms with Crippen LogP contribution in [-0.4, -0.2) is 49.1 Å². The summed E-state index contributed by atoms with van der Waals surface area (Å²) in [6.07, 6.45) is 10.7. The van der Waals surface area contributed by atoms with E-state index < -0.39 is 0 Å². The molecule has 5 heteroatoms. The number of nitrogens with one attached hydrogen (secondary N) is 2. The minimum absolute atomic E-state index is 0. The highest BCUT2D eigenvalue weighted by Gasteiger charge is 2.27. The summed E-state index contributed by atoms with van der Waals surface area (Å²) in [6, 6.07) is 1.47. The SMILES string of the molecule is CCNC(=NCC(CC)CC)NC1CCN(C2CCCC2)CC1.I. The number of piperidine rings is 1. The van der Waals surface area contributed by atoms with E-state index in [0.29, 0.717) is 6.04 Å². The zero-order valence-electron chi connectivity index (χ0n) is 16.0. The molecule has 1 aliphatic carbocycles. The molecule has 2 fully saturated rings. The van der Waals surface area contributed by atoms with Crippen molar-refractivity contribution in [3.63, 3.8) is 0 Å². The standard InChI is InChI=1S/C19H38N4.HI/c1-4-16(5-2)15-21-19(20-6-3)22-17-11-13-23(14-12-17)18-9-7-8-10-18;/h16-18H,4-15H2,1-3H3,(H2,20,21,22);1H. The topological polar surface area (TPSA) is 39.7 Å². The van der Waals surface area contributed by atoms with Gasteiger partial charge in [-0.25, -0.2) is 0 Å². The lowest BCUT2D eigenvalue weighted by Crippen LogP contribution is -2.50. The van der Waals surface area contributed by atoms with Crippen molar-refractivity contribution in [2.24, 2.45) is 10.9 Å². The van der Waals surface area contributed by atoms with Gasteiger partial charge < -0.3 is 15.5 Å². The van der Waals surface area contributed by atoms with Gasteiger partial charge in [-0.05, 0) is 38.5 Å². The van der Waals surface area contributed by atoms with Crippen LogP contribution in [0.15, 0.2) is 4.99 Å². The molecular formula is C19H39IN4. The van der Waals surface area contributed by atoms with Gasteiger partial charge in [0.1, 0.15) is 0 Å². The smallest absolute Gasteiger partial charge is 0.191 e. The number of likely N-dealkylation sites (tertiary alicyclic amines) is 1. The highest BCUT2D eigenvalue weighted by Crippen LogP contribution is 2.26. The van der Waals surface area contributed by atoms with E-state index in [1.165, 1.54) is 64.5 Å². The van der Waals surface area contributed by atoms with Gasteiger partial charge in [-0.3, -0.25) is 4.99 Å². The van der Waals surface area contributed by atoms with E-state index in [4.69, 9.17) is 4.99 Å². The molecule has 0 aromatic rings. The zero-order valence-corrected chi connectivity index (χ0v) is 18.4. The van der Waals surface area contributed by atoms with Crippen molar-refractivity contribution in [1.82, 2.24) is 15.5 Å². The van der Waals surface area contributed by atoms with E-state index >= 15 is 0 Å². The molecule has 1 saturated carbocycles. The summed E-state index contributed by atoms with van der Waals surface area (Å²) >= 11 is 0. The molecule has 0 atom stereocenters. The number of hydrogen-bond acceptors (Lipinski definition) is 2. The lowest BCUT2D eigenvalue weighted by molar-refractivity contribution is 0.150. The van der Waals surface area contributed by atoms with Crippen LogP contribution in [0.4, 0.5) is 0 Å². The number of nitrogens with zero attached hydrogens (tertiary/aromatic N) is 2. The predicted octanol–water partition coefficient (Wildman–Crippen LogP) is 4.00. The van der Waals surface area contributed by atoms with Crippen molar-refractivity contribution in [2.45, 2.75) is 84.2 Å². The van der Waals surface area contributed by atoms with Gasteiger partial charge in [-0.1, -0.05) is 39.5 Å². The highest BCUT2D eigenvalue weighted by molar-refractivity contribution is 14.0. The molecule has 0 spiro atoms. The van der Waals surface area contributed by atoms with E-state index in [-0.39, 0.29) is 24.0 Å². The third-order valence-corrected chi connectivity index (χ3v) is 5.72. The van der Waals surface area contributed by atoms with Gasteiger partial charge in [0.15, 0.2) is 5.96 Å². The highest BCUT2D eigenvalue weighted by atomic mass is 127. The maximum absolute atomic E-state index is 4.83. The summed E-state index contributed by atoms with van der Waals surface area (Å²) in [6.45, 7) is 11.1. The van der Waals surface area contributed by atoms with E-state index in [0.717, 1.165) is 31.0 Å². The van der Waals surface area contributed by atoms with Crippen molar-refractivity contribution in [1.29, 1.82) is 0 Å². The van der Waals surface area contributed by atoms with Gasteiger partial charge in [0.25, 0.3) is 0 Å². The van der Waals surface area contributed by atoms with Crippen LogP contribution in [0.25, 0.3) is 0 Å². The summed E-state index contributed by atoms with van der Waals surface area (Å²) in [4.78, 5) is 7.56. The Hall–Kier alpha value is -0.0400. The van der Waals surface area contributed by atoms with Crippen LogP contribution in [0.1, 0.15) is 72.1 Å². The van der Waals surface area contributed by atoms with Gasteiger partial charge in [0.2, 0.25) is 0 Å². The number of guanidine groups is 1. The quantitative estimate of drug-likeness (QED) is 0.350. The second kappa shape index (κ2) is 12.3. The van der Waals surface area contributed by atoms with Gasteiger partial charge in [-0.15, -0.1) is 24.0 Å². The molecular weight excluding hydrogens is 411 g/mol. The molecule has 142 valence electrons. The maximum atomic E-state index is 4.83. The average Bonchev–Trinajstić information content (AvgIpc) is 3.11. The number of rotatable bonds is 7.